The van der Waals surface area contributed by atoms with Crippen molar-refractivity contribution < 1.29 is 15.0 Å². The largest absolute Gasteiger partial charge is 0.395 e. The smallest absolute Gasteiger partial charge is 0.167 e. The molecule has 1 spiro atoms. The lowest BCUT2D eigenvalue weighted by atomic mass is 9.40. The fraction of sp³-hybridized carbons (Fsp3) is 0.850. The number of ketones is 1. The van der Waals surface area contributed by atoms with Crippen molar-refractivity contribution in [1.29, 1.82) is 0 Å². The zero-order valence-electron chi connectivity index (χ0n) is 14.6. The Balaban J connectivity index is 1.79. The Morgan fingerprint density at radius 2 is 1.83 bits per heavy atom. The van der Waals surface area contributed by atoms with Crippen molar-refractivity contribution in [2.45, 2.75) is 65.4 Å². The number of hydrogen-bond donors (Lipinski definition) is 2. The van der Waals surface area contributed by atoms with Gasteiger partial charge in [-0.1, -0.05) is 32.9 Å². The van der Waals surface area contributed by atoms with Gasteiger partial charge in [0.15, 0.2) is 5.78 Å². The summed E-state index contributed by atoms with van der Waals surface area (Å²) in [5, 5.41) is 20.3. The molecule has 0 aromatic rings. The van der Waals surface area contributed by atoms with E-state index in [0.29, 0.717) is 18.3 Å². The van der Waals surface area contributed by atoms with Gasteiger partial charge in [0.25, 0.3) is 0 Å². The van der Waals surface area contributed by atoms with E-state index >= 15 is 0 Å². The highest BCUT2D eigenvalue weighted by atomic mass is 16.3. The molecule has 0 saturated heterocycles. The first-order chi connectivity index (χ1) is 10.7. The molecule has 6 unspecified atom stereocenters. The van der Waals surface area contributed by atoms with E-state index in [9.17, 15) is 15.0 Å². The fourth-order valence-corrected chi connectivity index (χ4v) is 7.27. The van der Waals surface area contributed by atoms with Crippen LogP contribution in [0, 0.1) is 33.5 Å². The maximum Gasteiger partial charge on any atom is 0.167 e. The molecule has 0 radical (unpaired) electrons. The highest BCUT2D eigenvalue weighted by Crippen LogP contribution is 2.70. The van der Waals surface area contributed by atoms with Crippen molar-refractivity contribution in [1.82, 2.24) is 0 Å². The van der Waals surface area contributed by atoms with Crippen LogP contribution in [0.25, 0.3) is 0 Å². The zero-order valence-corrected chi connectivity index (χ0v) is 14.6. The second-order valence-electron chi connectivity index (χ2n) is 9.80. The molecule has 0 heterocycles. The predicted octanol–water partition coefficient (Wildman–Crippen LogP) is 3.10. The number of carbonyl (C=O) groups is 1. The lowest BCUT2D eigenvalue weighted by Gasteiger charge is -2.63. The first-order valence-electron chi connectivity index (χ1n) is 9.23. The van der Waals surface area contributed by atoms with E-state index in [2.05, 4.69) is 32.9 Å². The normalized spacial score (nSPS) is 53.8. The van der Waals surface area contributed by atoms with Crippen LogP contribution in [0.15, 0.2) is 12.2 Å². The van der Waals surface area contributed by atoms with Crippen LogP contribution < -0.4 is 0 Å². The predicted molar refractivity (Wildman–Crippen MR) is 88.7 cm³/mol. The van der Waals surface area contributed by atoms with Gasteiger partial charge in [-0.05, 0) is 61.2 Å². The van der Waals surface area contributed by atoms with Crippen LogP contribution in [0.3, 0.4) is 0 Å². The summed E-state index contributed by atoms with van der Waals surface area (Å²) >= 11 is 0. The Labute approximate surface area is 139 Å². The molecule has 6 atom stereocenters. The van der Waals surface area contributed by atoms with Crippen LogP contribution in [0.2, 0.25) is 0 Å². The van der Waals surface area contributed by atoms with Gasteiger partial charge in [0.1, 0.15) is 6.10 Å². The Morgan fingerprint density at radius 3 is 2.52 bits per heavy atom. The number of rotatable bonds is 1. The van der Waals surface area contributed by atoms with Gasteiger partial charge in [-0.3, -0.25) is 4.79 Å². The minimum atomic E-state index is -0.809. The molecule has 4 aliphatic carbocycles. The summed E-state index contributed by atoms with van der Waals surface area (Å²) in [5.74, 6) is 0.758. The minimum Gasteiger partial charge on any atom is -0.395 e. The van der Waals surface area contributed by atoms with E-state index in [4.69, 9.17) is 0 Å². The molecule has 23 heavy (non-hydrogen) atoms. The lowest BCUT2D eigenvalue weighted by molar-refractivity contribution is -0.184. The molecular weight excluding hydrogens is 288 g/mol. The molecule has 3 saturated carbocycles. The SMILES string of the molecule is CC1(C)CC(O)C(=O)C2(C)C1CCC13C=CC(CO)(CCC12)C3. The van der Waals surface area contributed by atoms with E-state index in [1.165, 1.54) is 0 Å². The third-order valence-electron chi connectivity index (χ3n) is 8.23. The molecule has 128 valence electrons. The number of fused-ring (bicyclic) bond motifs is 3. The number of Topliss-reactive ketones (excluding diaryl/α,β-unsaturated/α-hetero) is 1. The van der Waals surface area contributed by atoms with Crippen LogP contribution >= 0.6 is 0 Å². The molecular formula is C20H30O3. The molecule has 3 heteroatoms. The van der Waals surface area contributed by atoms with E-state index in [1.807, 2.05) is 0 Å². The molecule has 0 aromatic heterocycles. The number of aliphatic hydroxyl groups is 2. The van der Waals surface area contributed by atoms with Gasteiger partial charge in [0.2, 0.25) is 0 Å². The summed E-state index contributed by atoms with van der Waals surface area (Å²) in [6, 6.07) is 0. The second-order valence-corrected chi connectivity index (χ2v) is 9.80. The average molecular weight is 318 g/mol. The van der Waals surface area contributed by atoms with Crippen LogP contribution in [0.4, 0.5) is 0 Å². The van der Waals surface area contributed by atoms with Crippen molar-refractivity contribution in [3.8, 4) is 0 Å². The Kier molecular flexibility index (Phi) is 3.09. The summed E-state index contributed by atoms with van der Waals surface area (Å²) in [6.07, 6.45) is 9.52. The topological polar surface area (TPSA) is 57.5 Å². The van der Waals surface area contributed by atoms with E-state index in [-0.39, 0.29) is 28.6 Å². The van der Waals surface area contributed by atoms with Crippen molar-refractivity contribution in [2.75, 3.05) is 6.61 Å². The second kappa shape index (κ2) is 4.49. The maximum absolute atomic E-state index is 13.1. The molecule has 4 rings (SSSR count). The van der Waals surface area contributed by atoms with Crippen LogP contribution in [-0.2, 0) is 4.79 Å². The van der Waals surface area contributed by atoms with E-state index in [0.717, 1.165) is 32.1 Å². The van der Waals surface area contributed by atoms with Crippen LogP contribution in [0.1, 0.15) is 59.3 Å². The fourth-order valence-electron chi connectivity index (χ4n) is 7.27. The Hall–Kier alpha value is -0.670. The lowest BCUT2D eigenvalue weighted by Crippen LogP contribution is -2.63. The zero-order chi connectivity index (χ0) is 16.7. The first-order valence-corrected chi connectivity index (χ1v) is 9.23. The van der Waals surface area contributed by atoms with Gasteiger partial charge >= 0.3 is 0 Å². The molecule has 0 amide bonds. The maximum atomic E-state index is 13.1. The van der Waals surface area contributed by atoms with Gasteiger partial charge in [0, 0.05) is 10.8 Å². The van der Waals surface area contributed by atoms with Gasteiger partial charge in [-0.25, -0.2) is 0 Å². The Morgan fingerprint density at radius 1 is 1.13 bits per heavy atom. The van der Waals surface area contributed by atoms with Gasteiger partial charge in [-0.2, -0.15) is 0 Å². The number of hydrogen-bond acceptors (Lipinski definition) is 3. The molecule has 0 aromatic carbocycles. The number of allylic oxidation sites excluding steroid dienone is 1. The molecule has 3 fully saturated rings. The molecule has 2 bridgehead atoms. The molecule has 4 aliphatic rings. The van der Waals surface area contributed by atoms with Crippen LogP contribution in [0.5, 0.6) is 0 Å². The molecule has 3 nitrogen and oxygen atoms in total. The van der Waals surface area contributed by atoms with Crippen molar-refractivity contribution >= 4 is 5.78 Å². The van der Waals surface area contributed by atoms with Gasteiger partial charge in [0.05, 0.1) is 6.61 Å². The van der Waals surface area contributed by atoms with E-state index in [1.54, 1.807) is 0 Å². The standard InChI is InChI=1S/C20H30O3/c1-17(2)10-13(22)16(23)18(3)14(17)5-7-20-9-8-19(11-20,12-21)6-4-15(18)20/h8-9,13-15,21-22H,4-7,10-12H2,1-3H3. The monoisotopic (exact) mass is 318 g/mol. The summed E-state index contributed by atoms with van der Waals surface area (Å²) in [7, 11) is 0. The van der Waals surface area contributed by atoms with Gasteiger partial charge in [-0.15, -0.1) is 0 Å². The first kappa shape index (κ1) is 15.8. The quantitative estimate of drug-likeness (QED) is 0.731. The number of aliphatic hydroxyl groups excluding tert-OH is 2. The van der Waals surface area contributed by atoms with E-state index < -0.39 is 11.5 Å². The van der Waals surface area contributed by atoms with Crippen molar-refractivity contribution in [3.63, 3.8) is 0 Å². The molecule has 2 N–H and O–H groups in total. The third-order valence-corrected chi connectivity index (χ3v) is 8.23. The average Bonchev–Trinajstić information content (AvgIpc) is 2.77. The van der Waals surface area contributed by atoms with Crippen molar-refractivity contribution in [2.24, 2.45) is 33.5 Å². The highest BCUT2D eigenvalue weighted by molar-refractivity contribution is 5.90. The third kappa shape index (κ3) is 1.81. The summed E-state index contributed by atoms with van der Waals surface area (Å²) in [4.78, 5) is 13.1. The molecule has 0 aliphatic heterocycles. The van der Waals surface area contributed by atoms with Gasteiger partial charge < -0.3 is 10.2 Å². The van der Waals surface area contributed by atoms with Crippen LogP contribution in [-0.4, -0.2) is 28.7 Å². The number of carbonyl (C=O) groups excluding carboxylic acids is 1. The Bertz CT molecular complexity index is 579. The summed E-state index contributed by atoms with van der Waals surface area (Å²) < 4.78 is 0. The highest BCUT2D eigenvalue weighted by Gasteiger charge is 2.67. The van der Waals surface area contributed by atoms with Crippen molar-refractivity contribution in [3.05, 3.63) is 12.2 Å². The summed E-state index contributed by atoms with van der Waals surface area (Å²) in [5.41, 5.74) is -0.395. The summed E-state index contributed by atoms with van der Waals surface area (Å²) in [6.45, 7) is 6.83. The minimum absolute atomic E-state index is 0.0114.